The van der Waals surface area contributed by atoms with Gasteiger partial charge in [0.25, 0.3) is 0 Å². The minimum Gasteiger partial charge on any atom is -0.455 e. The molecule has 0 amide bonds. The van der Waals surface area contributed by atoms with E-state index in [1.54, 1.807) is 13.0 Å². The summed E-state index contributed by atoms with van der Waals surface area (Å²) in [5, 5.41) is 31.3. The Kier molecular flexibility index (Phi) is 19.6. The first-order chi connectivity index (χ1) is 20.3. The second-order valence-electron chi connectivity index (χ2n) is 12.9. The van der Waals surface area contributed by atoms with Crippen LogP contribution in [-0.2, 0) is 19.1 Å². The SMILES string of the molecule is CCCCCCCCCCCC[C@@H](O)[C@H]1CC[C@@H]([C@@H](O)CCCCCC(=O)CCCC[C@@H](O)CC2=C[C@H](C)OC2=O)O1. The first kappa shape index (κ1) is 36.9. The zero-order chi connectivity index (χ0) is 30.6. The third-order valence-electron chi connectivity index (χ3n) is 8.94. The number of Topliss-reactive ketones (excluding diaryl/α,β-unsaturated/α-hetero) is 1. The highest BCUT2D eigenvalue weighted by atomic mass is 16.5. The van der Waals surface area contributed by atoms with Crippen LogP contribution < -0.4 is 0 Å². The molecule has 0 bridgehead atoms. The molecular formula is C35H62O7. The molecule has 0 saturated carbocycles. The normalized spacial score (nSPS) is 22.6. The zero-order valence-corrected chi connectivity index (χ0v) is 26.8. The molecule has 7 heteroatoms. The number of unbranched alkanes of at least 4 members (excludes halogenated alkanes) is 12. The molecule has 2 aliphatic heterocycles. The molecule has 42 heavy (non-hydrogen) atoms. The summed E-state index contributed by atoms with van der Waals surface area (Å²) in [5.74, 6) is -0.0860. The van der Waals surface area contributed by atoms with Gasteiger partial charge in [-0.05, 0) is 57.9 Å². The Morgan fingerprint density at radius 3 is 1.76 bits per heavy atom. The lowest BCUT2D eigenvalue weighted by Gasteiger charge is -2.22. The first-order valence-corrected chi connectivity index (χ1v) is 17.4. The van der Waals surface area contributed by atoms with Gasteiger partial charge < -0.3 is 24.8 Å². The largest absolute Gasteiger partial charge is 0.455 e. The van der Waals surface area contributed by atoms with Gasteiger partial charge >= 0.3 is 5.97 Å². The van der Waals surface area contributed by atoms with Crippen molar-refractivity contribution in [2.45, 2.75) is 198 Å². The van der Waals surface area contributed by atoms with Crippen LogP contribution >= 0.6 is 0 Å². The molecule has 0 aromatic heterocycles. The van der Waals surface area contributed by atoms with Gasteiger partial charge in [0.05, 0.1) is 30.5 Å². The van der Waals surface area contributed by atoms with E-state index < -0.39 is 18.3 Å². The Morgan fingerprint density at radius 2 is 1.24 bits per heavy atom. The van der Waals surface area contributed by atoms with Crippen LogP contribution in [0.5, 0.6) is 0 Å². The molecule has 1 saturated heterocycles. The number of ketones is 1. The minimum absolute atomic E-state index is 0.151. The third kappa shape index (κ3) is 16.0. The molecule has 2 rings (SSSR count). The summed E-state index contributed by atoms with van der Waals surface area (Å²) in [6.45, 7) is 4.05. The van der Waals surface area contributed by atoms with Crippen molar-refractivity contribution in [3.63, 3.8) is 0 Å². The van der Waals surface area contributed by atoms with Crippen LogP contribution in [0.4, 0.5) is 0 Å². The van der Waals surface area contributed by atoms with E-state index in [2.05, 4.69) is 6.92 Å². The van der Waals surface area contributed by atoms with E-state index >= 15 is 0 Å². The first-order valence-electron chi connectivity index (χ1n) is 17.4. The van der Waals surface area contributed by atoms with Gasteiger partial charge in [-0.2, -0.15) is 0 Å². The van der Waals surface area contributed by atoms with Gasteiger partial charge in [0, 0.05) is 24.8 Å². The van der Waals surface area contributed by atoms with E-state index in [-0.39, 0.29) is 30.1 Å². The van der Waals surface area contributed by atoms with Crippen LogP contribution in [0.25, 0.3) is 0 Å². The predicted molar refractivity (Wildman–Crippen MR) is 167 cm³/mol. The average Bonchev–Trinajstić information content (AvgIpc) is 3.58. The molecule has 0 unspecified atom stereocenters. The Morgan fingerprint density at radius 1 is 0.762 bits per heavy atom. The molecule has 0 aliphatic carbocycles. The van der Waals surface area contributed by atoms with E-state index in [9.17, 15) is 24.9 Å². The molecule has 6 atom stereocenters. The highest BCUT2D eigenvalue weighted by molar-refractivity contribution is 5.90. The Labute approximate surface area is 255 Å². The summed E-state index contributed by atoms with van der Waals surface area (Å²) in [6, 6.07) is 0. The van der Waals surface area contributed by atoms with Crippen molar-refractivity contribution in [1.82, 2.24) is 0 Å². The molecule has 0 aromatic rings. The summed E-state index contributed by atoms with van der Waals surface area (Å²) in [4.78, 5) is 23.9. The number of hydrogen-bond donors (Lipinski definition) is 3. The lowest BCUT2D eigenvalue weighted by atomic mass is 9.99. The van der Waals surface area contributed by atoms with Crippen molar-refractivity contribution in [2.75, 3.05) is 0 Å². The van der Waals surface area contributed by atoms with Gasteiger partial charge in [0.1, 0.15) is 11.9 Å². The highest BCUT2D eigenvalue weighted by Crippen LogP contribution is 2.28. The molecule has 1 fully saturated rings. The van der Waals surface area contributed by atoms with Crippen LogP contribution in [0.15, 0.2) is 11.6 Å². The fourth-order valence-corrected chi connectivity index (χ4v) is 6.28. The van der Waals surface area contributed by atoms with Crippen molar-refractivity contribution >= 4 is 11.8 Å². The van der Waals surface area contributed by atoms with E-state index in [1.807, 2.05) is 0 Å². The molecule has 2 aliphatic rings. The van der Waals surface area contributed by atoms with Gasteiger partial charge in [-0.3, -0.25) is 4.79 Å². The van der Waals surface area contributed by atoms with Crippen LogP contribution in [0.2, 0.25) is 0 Å². The number of cyclic esters (lactones) is 1. The fraction of sp³-hybridized carbons (Fsp3) is 0.886. The number of carbonyl (C=O) groups excluding carboxylic acids is 2. The Balaban J connectivity index is 1.41. The van der Waals surface area contributed by atoms with E-state index in [0.29, 0.717) is 37.7 Å². The molecule has 0 aromatic carbocycles. The number of hydrogen-bond acceptors (Lipinski definition) is 7. The zero-order valence-electron chi connectivity index (χ0n) is 26.8. The number of aliphatic hydroxyl groups excluding tert-OH is 3. The van der Waals surface area contributed by atoms with Crippen molar-refractivity contribution in [1.29, 1.82) is 0 Å². The van der Waals surface area contributed by atoms with E-state index in [4.69, 9.17) is 9.47 Å². The van der Waals surface area contributed by atoms with Gasteiger partial charge in [0.2, 0.25) is 0 Å². The van der Waals surface area contributed by atoms with Gasteiger partial charge in [-0.25, -0.2) is 4.79 Å². The minimum atomic E-state index is -0.581. The van der Waals surface area contributed by atoms with Gasteiger partial charge in [-0.1, -0.05) is 90.4 Å². The maximum absolute atomic E-state index is 12.2. The maximum Gasteiger partial charge on any atom is 0.334 e. The topological polar surface area (TPSA) is 113 Å². The van der Waals surface area contributed by atoms with Crippen LogP contribution in [0, 0.1) is 0 Å². The molecule has 0 radical (unpaired) electrons. The van der Waals surface area contributed by atoms with E-state index in [0.717, 1.165) is 57.8 Å². The van der Waals surface area contributed by atoms with Crippen molar-refractivity contribution < 1.29 is 34.4 Å². The summed E-state index contributed by atoms with van der Waals surface area (Å²) >= 11 is 0. The third-order valence-corrected chi connectivity index (χ3v) is 8.94. The molecule has 0 spiro atoms. The van der Waals surface area contributed by atoms with Crippen molar-refractivity contribution in [3.05, 3.63) is 11.6 Å². The predicted octanol–water partition coefficient (Wildman–Crippen LogP) is 7.27. The fourth-order valence-electron chi connectivity index (χ4n) is 6.28. The number of esters is 1. The van der Waals surface area contributed by atoms with Crippen LogP contribution in [-0.4, -0.2) is 63.7 Å². The Hall–Kier alpha value is -1.28. The molecule has 3 N–H and O–H groups in total. The summed E-state index contributed by atoms with van der Waals surface area (Å²) in [6.07, 6.45) is 21.7. The molecular weight excluding hydrogens is 532 g/mol. The average molecular weight is 595 g/mol. The molecule has 244 valence electrons. The lowest BCUT2D eigenvalue weighted by molar-refractivity contribution is -0.139. The van der Waals surface area contributed by atoms with Crippen molar-refractivity contribution in [2.24, 2.45) is 0 Å². The quantitative estimate of drug-likeness (QED) is 0.0713. The number of rotatable bonds is 26. The number of aliphatic hydroxyl groups is 3. The summed E-state index contributed by atoms with van der Waals surface area (Å²) < 4.78 is 11.1. The summed E-state index contributed by atoms with van der Waals surface area (Å²) in [7, 11) is 0. The molecule has 7 nitrogen and oxygen atoms in total. The second-order valence-corrected chi connectivity index (χ2v) is 12.9. The standard InChI is InChI=1S/C35H62O7/c1-3-4-5-6-7-8-9-10-11-14-21-31(38)33-23-24-34(42-33)32(39)22-15-12-13-18-29(36)19-16-17-20-30(37)26-28-25-27(2)41-35(28)40/h25,27,30-34,37-39H,3-24,26H2,1-2H3/t27-,30+,31+,32-,33+,34-/m0/s1. The lowest BCUT2D eigenvalue weighted by Crippen LogP contribution is -2.31. The smallest absolute Gasteiger partial charge is 0.334 e. The number of ether oxygens (including phenoxy) is 2. The molecule has 2 heterocycles. The van der Waals surface area contributed by atoms with Crippen LogP contribution in [0.1, 0.15) is 162 Å². The van der Waals surface area contributed by atoms with Crippen molar-refractivity contribution in [3.8, 4) is 0 Å². The highest BCUT2D eigenvalue weighted by Gasteiger charge is 2.34. The maximum atomic E-state index is 12.2. The monoisotopic (exact) mass is 594 g/mol. The van der Waals surface area contributed by atoms with Gasteiger partial charge in [-0.15, -0.1) is 0 Å². The van der Waals surface area contributed by atoms with Gasteiger partial charge in [0.15, 0.2) is 0 Å². The number of carbonyl (C=O) groups is 2. The Bertz CT molecular complexity index is 766. The summed E-state index contributed by atoms with van der Waals surface area (Å²) in [5.41, 5.74) is 0.549. The van der Waals surface area contributed by atoms with E-state index in [1.165, 1.54) is 57.8 Å². The van der Waals surface area contributed by atoms with Crippen LogP contribution in [0.3, 0.4) is 0 Å². The second kappa shape index (κ2) is 22.3.